The molecule has 1 N–H and O–H groups in total. The number of benzene rings is 2. The van der Waals surface area contributed by atoms with E-state index in [4.69, 9.17) is 0 Å². The van der Waals surface area contributed by atoms with Gasteiger partial charge >= 0.3 is 0 Å². The van der Waals surface area contributed by atoms with Crippen LogP contribution in [0.15, 0.2) is 36.4 Å². The van der Waals surface area contributed by atoms with Crippen molar-refractivity contribution in [2.45, 2.75) is 13.2 Å². The third kappa shape index (κ3) is 3.29. The molecular weight excluding hydrogens is 413 g/mol. The van der Waals surface area contributed by atoms with Crippen LogP contribution in [0.5, 0.6) is 0 Å². The van der Waals surface area contributed by atoms with Gasteiger partial charge in [-0.05, 0) is 30.3 Å². The van der Waals surface area contributed by atoms with Crippen LogP contribution in [-0.2, 0) is 0 Å². The van der Waals surface area contributed by atoms with Crippen LogP contribution in [0.1, 0.15) is 68.6 Å². The van der Waals surface area contributed by atoms with Crippen molar-refractivity contribution in [3.8, 4) is 0 Å². The minimum atomic E-state index is -0.493. The number of hydrogen-bond acceptors (Lipinski definition) is 6. The molecule has 0 saturated carbocycles. The number of nitrogens with one attached hydrogen (secondary N) is 1. The van der Waals surface area contributed by atoms with Crippen LogP contribution < -0.4 is 5.32 Å². The Hall–Kier alpha value is -4.08. The van der Waals surface area contributed by atoms with Crippen LogP contribution in [0.4, 0.5) is 0 Å². The van der Waals surface area contributed by atoms with Crippen LogP contribution in [0.25, 0.3) is 0 Å². The number of Topliss-reactive ketones (excluding diaryl/α,β-unsaturated/α-hetero) is 1. The monoisotopic (exact) mass is 430 g/mol. The van der Waals surface area contributed by atoms with Crippen molar-refractivity contribution in [1.82, 2.24) is 15.0 Å². The molecule has 0 aromatic heterocycles. The molecule has 0 fully saturated rings. The van der Waals surface area contributed by atoms with Crippen molar-refractivity contribution < 1.29 is 28.8 Å². The normalized spacial score (nSPS) is 14.6. The molecule has 2 aliphatic rings. The van der Waals surface area contributed by atoms with Crippen molar-refractivity contribution >= 4 is 42.7 Å². The van der Waals surface area contributed by atoms with Gasteiger partial charge in [-0.3, -0.25) is 33.7 Å². The average molecular weight is 430 g/mol. The summed E-state index contributed by atoms with van der Waals surface area (Å²) in [6, 6.07) is 8.55. The summed E-state index contributed by atoms with van der Waals surface area (Å²) in [4.78, 5) is 75.3. The number of nitrogens with zero attached hydrogens (tertiary/aromatic N) is 2. The summed E-state index contributed by atoms with van der Waals surface area (Å²) in [5.74, 6) is -2.59. The van der Waals surface area contributed by atoms with Gasteiger partial charge in [-0.25, -0.2) is 0 Å². The lowest BCUT2D eigenvalue weighted by molar-refractivity contribution is 0.0689. The third-order valence-electron chi connectivity index (χ3n) is 5.49. The first-order valence-electron chi connectivity index (χ1n) is 9.84. The van der Waals surface area contributed by atoms with Gasteiger partial charge in [0.2, 0.25) is 11.8 Å². The fourth-order valence-corrected chi connectivity index (χ4v) is 3.71. The molecule has 2 aliphatic heterocycles. The van der Waals surface area contributed by atoms with E-state index in [0.29, 0.717) is 0 Å². The Labute approximate surface area is 183 Å². The molecular formula is C22H17BN3O6. The zero-order valence-electron chi connectivity index (χ0n) is 17.3. The number of ketones is 1. The van der Waals surface area contributed by atoms with Gasteiger partial charge in [0.15, 0.2) is 5.78 Å². The van der Waals surface area contributed by atoms with E-state index in [2.05, 4.69) is 5.32 Å². The van der Waals surface area contributed by atoms with Gasteiger partial charge < -0.3 is 10.1 Å². The standard InChI is InChI=1S/C22H17BN3O6/c1-23-26-21(31)14-6-4-12(10-16(14)22(26)32)18(28)24-8-7-17(27)11-3-5-13-15(9-11)20(30)25(2)19(13)29/h3-6,9-10H,7-8H2,1-2H3,(H,24,28). The number of carbonyl (C=O) groups is 6. The molecule has 2 heterocycles. The van der Waals surface area contributed by atoms with E-state index < -0.39 is 29.5 Å². The molecule has 0 spiro atoms. The van der Waals surface area contributed by atoms with Gasteiger partial charge in [0.25, 0.3) is 25.1 Å². The highest BCUT2D eigenvalue weighted by Gasteiger charge is 2.35. The molecule has 0 bridgehead atoms. The van der Waals surface area contributed by atoms with Crippen molar-refractivity contribution in [1.29, 1.82) is 0 Å². The van der Waals surface area contributed by atoms with Crippen LogP contribution in [0.2, 0.25) is 6.82 Å². The predicted molar refractivity (Wildman–Crippen MR) is 113 cm³/mol. The van der Waals surface area contributed by atoms with E-state index in [0.717, 1.165) is 9.71 Å². The second-order valence-corrected chi connectivity index (χ2v) is 7.36. The smallest absolute Gasteiger partial charge is 0.261 e. The van der Waals surface area contributed by atoms with Crippen molar-refractivity contribution in [3.05, 3.63) is 69.8 Å². The minimum Gasteiger partial charge on any atom is -0.352 e. The lowest BCUT2D eigenvalue weighted by Gasteiger charge is -2.08. The fourth-order valence-electron chi connectivity index (χ4n) is 3.71. The first-order valence-corrected chi connectivity index (χ1v) is 9.84. The fraction of sp³-hybridized carbons (Fsp3) is 0.182. The second kappa shape index (κ2) is 7.88. The summed E-state index contributed by atoms with van der Waals surface area (Å²) in [7, 11) is 2.75. The van der Waals surface area contributed by atoms with Gasteiger partial charge in [-0.1, -0.05) is 12.9 Å². The zero-order chi connectivity index (χ0) is 23.2. The second-order valence-electron chi connectivity index (χ2n) is 7.36. The van der Waals surface area contributed by atoms with E-state index >= 15 is 0 Å². The summed E-state index contributed by atoms with van der Waals surface area (Å²) in [5, 5.41) is 2.61. The van der Waals surface area contributed by atoms with Crippen molar-refractivity contribution in [2.75, 3.05) is 13.6 Å². The number of fused-ring (bicyclic) bond motifs is 2. The summed E-state index contributed by atoms with van der Waals surface area (Å²) in [6.07, 6.45) is -0.0244. The number of hydrogen-bond donors (Lipinski definition) is 1. The zero-order valence-corrected chi connectivity index (χ0v) is 17.3. The highest BCUT2D eigenvalue weighted by atomic mass is 16.2. The maximum atomic E-state index is 12.5. The largest absolute Gasteiger partial charge is 0.352 e. The lowest BCUT2D eigenvalue weighted by atomic mass is 9.96. The van der Waals surface area contributed by atoms with Crippen LogP contribution in [0, 0.1) is 0 Å². The molecule has 2 aromatic rings. The van der Waals surface area contributed by atoms with Crippen LogP contribution >= 0.6 is 0 Å². The molecule has 2 aromatic carbocycles. The molecule has 159 valence electrons. The average Bonchev–Trinajstić information content (AvgIpc) is 3.17. The summed E-state index contributed by atoms with van der Waals surface area (Å²) in [6.45, 7) is 1.60. The molecule has 9 nitrogen and oxygen atoms in total. The van der Waals surface area contributed by atoms with Crippen molar-refractivity contribution in [2.24, 2.45) is 0 Å². The Balaban J connectivity index is 1.39. The molecule has 4 rings (SSSR count). The summed E-state index contributed by atoms with van der Waals surface area (Å²) >= 11 is 0. The van der Waals surface area contributed by atoms with Crippen LogP contribution in [0.3, 0.4) is 0 Å². The van der Waals surface area contributed by atoms with E-state index in [1.54, 1.807) is 6.82 Å². The Kier molecular flexibility index (Phi) is 5.21. The number of amides is 5. The van der Waals surface area contributed by atoms with Crippen molar-refractivity contribution in [3.63, 3.8) is 0 Å². The maximum Gasteiger partial charge on any atom is 0.261 e. The van der Waals surface area contributed by atoms with Gasteiger partial charge in [0, 0.05) is 31.1 Å². The molecule has 5 amide bonds. The molecule has 0 saturated heterocycles. The Morgan fingerprint density at radius 2 is 1.34 bits per heavy atom. The highest BCUT2D eigenvalue weighted by molar-refractivity contribution is 6.47. The Bertz CT molecular complexity index is 1240. The van der Waals surface area contributed by atoms with Gasteiger partial charge in [-0.15, -0.1) is 0 Å². The van der Waals surface area contributed by atoms with Gasteiger partial charge in [0.1, 0.15) is 0 Å². The maximum absolute atomic E-state index is 12.5. The molecule has 0 atom stereocenters. The van der Waals surface area contributed by atoms with Gasteiger partial charge in [-0.2, -0.15) is 0 Å². The number of rotatable bonds is 6. The lowest BCUT2D eigenvalue weighted by Crippen LogP contribution is -2.31. The summed E-state index contributed by atoms with van der Waals surface area (Å²) < 4.78 is 0. The Morgan fingerprint density at radius 3 is 2.03 bits per heavy atom. The van der Waals surface area contributed by atoms with E-state index in [1.165, 1.54) is 50.9 Å². The minimum absolute atomic E-state index is 0.0244. The summed E-state index contributed by atoms with van der Waals surface area (Å²) in [5.41, 5.74) is 1.29. The molecule has 0 unspecified atom stereocenters. The van der Waals surface area contributed by atoms with E-state index in [-0.39, 0.29) is 52.1 Å². The van der Waals surface area contributed by atoms with E-state index in [1.807, 2.05) is 0 Å². The molecule has 32 heavy (non-hydrogen) atoms. The SMILES string of the molecule is C[B]N1C(=O)c2ccc(C(=O)NCCC(=O)c3ccc4c(c3)C(=O)N(C)C4=O)cc2C1=O. The van der Waals surface area contributed by atoms with Gasteiger partial charge in [0.05, 0.1) is 22.3 Å². The Morgan fingerprint density at radius 1 is 0.812 bits per heavy atom. The topological polar surface area (TPSA) is 121 Å². The molecule has 1 radical (unpaired) electrons. The number of carbonyl (C=O) groups excluding carboxylic acids is 6. The highest BCUT2D eigenvalue weighted by Crippen LogP contribution is 2.24. The first kappa shape index (κ1) is 21.2. The third-order valence-corrected chi connectivity index (χ3v) is 5.49. The van der Waals surface area contributed by atoms with Crippen LogP contribution in [-0.4, -0.2) is 66.0 Å². The van der Waals surface area contributed by atoms with E-state index in [9.17, 15) is 28.8 Å². The molecule has 10 heteroatoms. The first-order chi connectivity index (χ1) is 15.2. The quantitative estimate of drug-likeness (QED) is 0.418. The molecule has 0 aliphatic carbocycles. The number of imide groups is 2. The predicted octanol–water partition coefficient (Wildman–Crippen LogP) is 1.18.